The average molecular weight is 267 g/mol. The summed E-state index contributed by atoms with van der Waals surface area (Å²) >= 11 is 0. The van der Waals surface area contributed by atoms with E-state index in [1.807, 2.05) is 32.3 Å². The van der Waals surface area contributed by atoms with Crippen LogP contribution in [0, 0.1) is 0 Å². The van der Waals surface area contributed by atoms with Crippen LogP contribution in [0.3, 0.4) is 0 Å². The molecule has 19 heavy (non-hydrogen) atoms. The summed E-state index contributed by atoms with van der Waals surface area (Å²) in [6.07, 6.45) is 2.59. The van der Waals surface area contributed by atoms with Gasteiger partial charge in [0.1, 0.15) is 12.2 Å². The molecule has 1 unspecified atom stereocenters. The quantitative estimate of drug-likeness (QED) is 0.775. The van der Waals surface area contributed by atoms with Crippen LogP contribution in [-0.2, 0) is 17.9 Å². The van der Waals surface area contributed by atoms with Crippen LogP contribution in [0.15, 0.2) is 6.33 Å². The second kappa shape index (κ2) is 6.65. The molecule has 0 fully saturated rings. The van der Waals surface area contributed by atoms with Gasteiger partial charge in [-0.2, -0.15) is 0 Å². The van der Waals surface area contributed by atoms with Gasteiger partial charge >= 0.3 is 0 Å². The van der Waals surface area contributed by atoms with Crippen LogP contribution in [0.1, 0.15) is 46.9 Å². The molecule has 0 saturated carbocycles. The van der Waals surface area contributed by atoms with E-state index in [1.165, 1.54) is 0 Å². The molecule has 6 nitrogen and oxygen atoms in total. The van der Waals surface area contributed by atoms with Crippen LogP contribution in [0.4, 0.5) is 0 Å². The van der Waals surface area contributed by atoms with Crippen molar-refractivity contribution >= 4 is 5.91 Å². The third-order valence-electron chi connectivity index (χ3n) is 3.34. The molecule has 1 aromatic heterocycles. The fourth-order valence-electron chi connectivity index (χ4n) is 1.55. The van der Waals surface area contributed by atoms with Crippen LogP contribution in [0.5, 0.6) is 0 Å². The Labute approximate surface area is 115 Å². The van der Waals surface area contributed by atoms with Gasteiger partial charge in [-0.25, -0.2) is 0 Å². The highest BCUT2D eigenvalue weighted by atomic mass is 16.2. The first-order valence-corrected chi connectivity index (χ1v) is 6.81. The van der Waals surface area contributed by atoms with E-state index in [-0.39, 0.29) is 17.5 Å². The molecule has 1 rings (SSSR count). The lowest BCUT2D eigenvalue weighted by Crippen LogP contribution is -2.50. The van der Waals surface area contributed by atoms with Crippen molar-refractivity contribution in [2.24, 2.45) is 0 Å². The third-order valence-corrected chi connectivity index (χ3v) is 3.34. The Morgan fingerprint density at radius 2 is 2.16 bits per heavy atom. The van der Waals surface area contributed by atoms with Gasteiger partial charge in [0.25, 0.3) is 0 Å². The molecule has 1 heterocycles. The number of hydrogen-bond donors (Lipinski definition) is 2. The maximum atomic E-state index is 12.0. The first kappa shape index (κ1) is 15.6. The van der Waals surface area contributed by atoms with Gasteiger partial charge in [0, 0.05) is 12.1 Å². The smallest absolute Gasteiger partial charge is 0.237 e. The number of aryl methyl sites for hydroxylation is 1. The minimum Gasteiger partial charge on any atom is -0.350 e. The van der Waals surface area contributed by atoms with E-state index in [2.05, 4.69) is 27.8 Å². The number of hydrogen-bond acceptors (Lipinski definition) is 4. The lowest BCUT2D eigenvalue weighted by atomic mass is 10.0. The monoisotopic (exact) mass is 267 g/mol. The van der Waals surface area contributed by atoms with Crippen LogP contribution in [-0.4, -0.2) is 32.3 Å². The van der Waals surface area contributed by atoms with Gasteiger partial charge < -0.3 is 9.88 Å². The van der Waals surface area contributed by atoms with Crippen molar-refractivity contribution in [3.05, 3.63) is 12.2 Å². The van der Waals surface area contributed by atoms with Gasteiger partial charge in [0.15, 0.2) is 0 Å². The highest BCUT2D eigenvalue weighted by molar-refractivity contribution is 5.81. The summed E-state index contributed by atoms with van der Waals surface area (Å²) in [4.78, 5) is 12.0. The molecular formula is C13H25N5O. The van der Waals surface area contributed by atoms with Crippen LogP contribution in [0.2, 0.25) is 0 Å². The third kappa shape index (κ3) is 4.63. The number of carbonyl (C=O) groups is 1. The van der Waals surface area contributed by atoms with E-state index in [0.29, 0.717) is 6.54 Å². The van der Waals surface area contributed by atoms with Gasteiger partial charge in [-0.15, -0.1) is 10.2 Å². The number of aromatic nitrogens is 3. The number of carbonyl (C=O) groups excluding carboxylic acids is 1. The fourth-order valence-corrected chi connectivity index (χ4v) is 1.55. The summed E-state index contributed by atoms with van der Waals surface area (Å²) in [5.74, 6) is 0.853. The molecule has 0 aliphatic rings. The Bertz CT molecular complexity index is 413. The maximum absolute atomic E-state index is 12.0. The van der Waals surface area contributed by atoms with Crippen LogP contribution >= 0.6 is 0 Å². The summed E-state index contributed by atoms with van der Waals surface area (Å²) in [6.45, 7) is 11.3. The minimum absolute atomic E-state index is 0.00872. The fraction of sp³-hybridized carbons (Fsp3) is 0.769. The molecular weight excluding hydrogens is 242 g/mol. The van der Waals surface area contributed by atoms with Gasteiger partial charge in [0.05, 0.1) is 12.6 Å². The topological polar surface area (TPSA) is 71.8 Å². The van der Waals surface area contributed by atoms with Gasteiger partial charge in [0.2, 0.25) is 5.91 Å². The van der Waals surface area contributed by atoms with Crippen molar-refractivity contribution in [3.63, 3.8) is 0 Å². The average Bonchev–Trinajstić information content (AvgIpc) is 2.82. The van der Waals surface area contributed by atoms with Gasteiger partial charge in [-0.05, 0) is 34.1 Å². The molecule has 0 aliphatic heterocycles. The molecule has 0 radical (unpaired) electrons. The second-order valence-corrected chi connectivity index (χ2v) is 5.36. The molecule has 0 spiro atoms. The normalized spacial score (nSPS) is 13.3. The zero-order valence-electron chi connectivity index (χ0n) is 12.5. The minimum atomic E-state index is -0.257. The number of amides is 1. The number of nitrogens with zero attached hydrogens (tertiary/aromatic N) is 3. The molecule has 1 atom stereocenters. The van der Waals surface area contributed by atoms with Crippen molar-refractivity contribution in [2.75, 3.05) is 0 Å². The Kier molecular flexibility index (Phi) is 5.47. The number of nitrogens with one attached hydrogen (secondary N) is 2. The zero-order valence-corrected chi connectivity index (χ0v) is 12.5. The standard InChI is InChI=1S/C13H25N5O/c1-6-13(4,5)16-12(19)10(3)14-8-11-17-15-9-18(11)7-2/h9-10,14H,6-8H2,1-5H3,(H,16,19). The highest BCUT2D eigenvalue weighted by Crippen LogP contribution is 2.07. The van der Waals surface area contributed by atoms with Crippen molar-refractivity contribution in [1.29, 1.82) is 0 Å². The molecule has 1 aromatic rings. The van der Waals surface area contributed by atoms with Crippen molar-refractivity contribution in [2.45, 2.75) is 65.7 Å². The first-order chi connectivity index (χ1) is 8.89. The van der Waals surface area contributed by atoms with Crippen molar-refractivity contribution in [3.8, 4) is 0 Å². The van der Waals surface area contributed by atoms with Crippen molar-refractivity contribution < 1.29 is 4.79 Å². The Morgan fingerprint density at radius 1 is 1.47 bits per heavy atom. The summed E-state index contributed by atoms with van der Waals surface area (Å²) in [6, 6.07) is -0.257. The number of rotatable bonds is 7. The van der Waals surface area contributed by atoms with E-state index >= 15 is 0 Å². The first-order valence-electron chi connectivity index (χ1n) is 6.81. The molecule has 2 N–H and O–H groups in total. The van der Waals surface area contributed by atoms with E-state index in [1.54, 1.807) is 6.33 Å². The highest BCUT2D eigenvalue weighted by Gasteiger charge is 2.21. The molecule has 108 valence electrons. The summed E-state index contributed by atoms with van der Waals surface area (Å²) < 4.78 is 1.95. The van der Waals surface area contributed by atoms with Crippen LogP contribution in [0.25, 0.3) is 0 Å². The summed E-state index contributed by atoms with van der Waals surface area (Å²) in [5.41, 5.74) is -0.170. The predicted octanol–water partition coefficient (Wildman–Crippen LogP) is 1.08. The van der Waals surface area contributed by atoms with E-state index in [9.17, 15) is 4.79 Å². The zero-order chi connectivity index (χ0) is 14.5. The summed E-state index contributed by atoms with van der Waals surface area (Å²) in [7, 11) is 0. The lowest BCUT2D eigenvalue weighted by Gasteiger charge is -2.26. The Hall–Kier alpha value is -1.43. The predicted molar refractivity (Wildman–Crippen MR) is 74.5 cm³/mol. The molecule has 0 aromatic carbocycles. The van der Waals surface area contributed by atoms with Gasteiger partial charge in [-0.3, -0.25) is 10.1 Å². The molecule has 0 aliphatic carbocycles. The van der Waals surface area contributed by atoms with E-state index in [0.717, 1.165) is 18.8 Å². The Balaban J connectivity index is 2.47. The second-order valence-electron chi connectivity index (χ2n) is 5.36. The molecule has 6 heteroatoms. The molecule has 1 amide bonds. The van der Waals surface area contributed by atoms with Crippen molar-refractivity contribution in [1.82, 2.24) is 25.4 Å². The van der Waals surface area contributed by atoms with E-state index in [4.69, 9.17) is 0 Å². The maximum Gasteiger partial charge on any atom is 0.237 e. The van der Waals surface area contributed by atoms with Crippen LogP contribution < -0.4 is 10.6 Å². The molecule has 0 bridgehead atoms. The Morgan fingerprint density at radius 3 is 2.74 bits per heavy atom. The molecule has 0 saturated heterocycles. The van der Waals surface area contributed by atoms with Gasteiger partial charge in [-0.1, -0.05) is 6.92 Å². The van der Waals surface area contributed by atoms with E-state index < -0.39 is 0 Å². The largest absolute Gasteiger partial charge is 0.350 e. The lowest BCUT2D eigenvalue weighted by molar-refractivity contribution is -0.124. The summed E-state index contributed by atoms with van der Waals surface area (Å²) in [5, 5.41) is 14.1. The SMILES string of the molecule is CCn1cnnc1CNC(C)C(=O)NC(C)(C)CC.